The molecule has 0 aromatic heterocycles. The fourth-order valence-corrected chi connectivity index (χ4v) is 2.03. The van der Waals surface area contributed by atoms with Gasteiger partial charge in [-0.05, 0) is 48.7 Å². The van der Waals surface area contributed by atoms with E-state index in [1.54, 1.807) is 21.0 Å². The summed E-state index contributed by atoms with van der Waals surface area (Å²) in [6.45, 7) is 3.48. The number of benzene rings is 2. The summed E-state index contributed by atoms with van der Waals surface area (Å²) in [5.41, 5.74) is 6.27. The predicted molar refractivity (Wildman–Crippen MR) is 78.5 cm³/mol. The first-order valence-electron chi connectivity index (χ1n) is 6.45. The van der Waals surface area contributed by atoms with E-state index in [0.717, 1.165) is 22.1 Å². The van der Waals surface area contributed by atoms with Gasteiger partial charge in [-0.1, -0.05) is 24.3 Å². The van der Waals surface area contributed by atoms with E-state index in [1.807, 2.05) is 24.3 Å². The van der Waals surface area contributed by atoms with Crippen LogP contribution in [0.4, 0.5) is 0 Å². The monoisotopic (exact) mass is 259 g/mol. The van der Waals surface area contributed by atoms with Crippen molar-refractivity contribution < 1.29 is 9.84 Å². The van der Waals surface area contributed by atoms with Gasteiger partial charge in [-0.3, -0.25) is 0 Å². The van der Waals surface area contributed by atoms with Gasteiger partial charge in [0.2, 0.25) is 0 Å². The van der Waals surface area contributed by atoms with Crippen LogP contribution in [0.3, 0.4) is 0 Å². The molecule has 3 N–H and O–H groups in total. The Balaban J connectivity index is 2.27. The predicted octanol–water partition coefficient (Wildman–Crippen LogP) is 2.49. The summed E-state index contributed by atoms with van der Waals surface area (Å²) in [6, 6.07) is 11.9. The molecule has 2 aromatic rings. The fourth-order valence-electron chi connectivity index (χ4n) is 2.03. The standard InChI is InChI=1S/C16H21NO2/c1-16(2,18)15(17)9-11-4-5-13-10-14(19-3)7-6-12(13)8-11/h4-8,10,15,18H,9,17H2,1-3H3/t15-/m0/s1. The third-order valence-electron chi connectivity index (χ3n) is 3.47. The van der Waals surface area contributed by atoms with Gasteiger partial charge < -0.3 is 15.6 Å². The van der Waals surface area contributed by atoms with Gasteiger partial charge in [0.05, 0.1) is 12.7 Å². The lowest BCUT2D eigenvalue weighted by molar-refractivity contribution is 0.0521. The van der Waals surface area contributed by atoms with Gasteiger partial charge in [-0.25, -0.2) is 0 Å². The van der Waals surface area contributed by atoms with E-state index in [1.165, 1.54) is 0 Å². The molecule has 0 aliphatic rings. The average molecular weight is 259 g/mol. The number of methoxy groups -OCH3 is 1. The van der Waals surface area contributed by atoms with Gasteiger partial charge in [0.15, 0.2) is 0 Å². The Labute approximate surface area is 114 Å². The van der Waals surface area contributed by atoms with E-state index in [4.69, 9.17) is 10.5 Å². The molecule has 0 amide bonds. The Hall–Kier alpha value is -1.58. The summed E-state index contributed by atoms with van der Waals surface area (Å²) in [7, 11) is 1.66. The number of nitrogens with two attached hydrogens (primary N) is 1. The summed E-state index contributed by atoms with van der Waals surface area (Å²) in [4.78, 5) is 0. The molecule has 0 spiro atoms. The topological polar surface area (TPSA) is 55.5 Å². The molecule has 19 heavy (non-hydrogen) atoms. The van der Waals surface area contributed by atoms with Crippen molar-refractivity contribution in [3.05, 3.63) is 42.0 Å². The number of hydrogen-bond donors (Lipinski definition) is 2. The van der Waals surface area contributed by atoms with Crippen LogP contribution in [0.2, 0.25) is 0 Å². The minimum atomic E-state index is -0.866. The lowest BCUT2D eigenvalue weighted by Crippen LogP contribution is -2.44. The number of rotatable bonds is 4. The molecular weight excluding hydrogens is 238 g/mol. The minimum absolute atomic E-state index is 0.275. The molecule has 2 aromatic carbocycles. The Kier molecular flexibility index (Phi) is 3.78. The summed E-state index contributed by atoms with van der Waals surface area (Å²) < 4.78 is 5.21. The average Bonchev–Trinajstić information content (AvgIpc) is 2.37. The van der Waals surface area contributed by atoms with Gasteiger partial charge >= 0.3 is 0 Å². The molecule has 0 aliphatic heterocycles. The highest BCUT2D eigenvalue weighted by atomic mass is 16.5. The molecule has 0 fully saturated rings. The molecule has 0 saturated carbocycles. The van der Waals surface area contributed by atoms with Crippen LogP contribution in [0, 0.1) is 0 Å². The molecule has 3 heteroatoms. The van der Waals surface area contributed by atoms with Gasteiger partial charge in [-0.2, -0.15) is 0 Å². The minimum Gasteiger partial charge on any atom is -0.497 e. The zero-order valence-corrected chi connectivity index (χ0v) is 11.7. The molecule has 0 unspecified atom stereocenters. The molecule has 102 valence electrons. The first-order chi connectivity index (χ1) is 8.90. The Morgan fingerprint density at radius 1 is 1.16 bits per heavy atom. The maximum Gasteiger partial charge on any atom is 0.119 e. The number of aliphatic hydroxyl groups is 1. The first-order valence-corrected chi connectivity index (χ1v) is 6.45. The van der Waals surface area contributed by atoms with Crippen molar-refractivity contribution in [3.8, 4) is 5.75 Å². The first kappa shape index (κ1) is 13.8. The van der Waals surface area contributed by atoms with Gasteiger partial charge in [-0.15, -0.1) is 0 Å². The summed E-state index contributed by atoms with van der Waals surface area (Å²) in [6.07, 6.45) is 0.658. The van der Waals surface area contributed by atoms with Crippen molar-refractivity contribution in [1.82, 2.24) is 0 Å². The van der Waals surface area contributed by atoms with Gasteiger partial charge in [0.25, 0.3) is 0 Å². The van der Waals surface area contributed by atoms with Crippen molar-refractivity contribution >= 4 is 10.8 Å². The highest BCUT2D eigenvalue weighted by Gasteiger charge is 2.22. The highest BCUT2D eigenvalue weighted by Crippen LogP contribution is 2.23. The molecule has 0 saturated heterocycles. The quantitative estimate of drug-likeness (QED) is 0.887. The van der Waals surface area contributed by atoms with E-state index >= 15 is 0 Å². The lowest BCUT2D eigenvalue weighted by atomic mass is 9.92. The summed E-state index contributed by atoms with van der Waals surface area (Å²) in [5.74, 6) is 0.855. The van der Waals surface area contributed by atoms with E-state index in [0.29, 0.717) is 6.42 Å². The fraction of sp³-hybridized carbons (Fsp3) is 0.375. The van der Waals surface area contributed by atoms with Crippen molar-refractivity contribution in [2.24, 2.45) is 5.73 Å². The summed E-state index contributed by atoms with van der Waals surface area (Å²) in [5, 5.41) is 12.2. The second kappa shape index (κ2) is 5.19. The van der Waals surface area contributed by atoms with Crippen molar-refractivity contribution in [1.29, 1.82) is 0 Å². The highest BCUT2D eigenvalue weighted by molar-refractivity contribution is 5.84. The number of hydrogen-bond acceptors (Lipinski definition) is 3. The maximum absolute atomic E-state index is 9.89. The van der Waals surface area contributed by atoms with Crippen molar-refractivity contribution in [3.63, 3.8) is 0 Å². The van der Waals surface area contributed by atoms with Crippen molar-refractivity contribution in [2.75, 3.05) is 7.11 Å². The van der Waals surface area contributed by atoms with E-state index in [2.05, 4.69) is 12.1 Å². The third-order valence-corrected chi connectivity index (χ3v) is 3.47. The molecule has 3 nitrogen and oxygen atoms in total. The SMILES string of the molecule is COc1ccc2cc(C[C@H](N)C(C)(C)O)ccc2c1. The van der Waals surface area contributed by atoms with Crippen LogP contribution in [0.1, 0.15) is 19.4 Å². The molecular formula is C16H21NO2. The lowest BCUT2D eigenvalue weighted by Gasteiger charge is -2.25. The number of ether oxygens (including phenoxy) is 1. The van der Waals surface area contributed by atoms with E-state index in [-0.39, 0.29) is 6.04 Å². The van der Waals surface area contributed by atoms with Gasteiger partial charge in [0, 0.05) is 6.04 Å². The zero-order valence-electron chi connectivity index (χ0n) is 11.7. The van der Waals surface area contributed by atoms with Crippen LogP contribution in [0.5, 0.6) is 5.75 Å². The second-order valence-corrected chi connectivity index (χ2v) is 5.51. The van der Waals surface area contributed by atoms with Crippen LogP contribution in [0.25, 0.3) is 10.8 Å². The molecule has 0 radical (unpaired) electrons. The Bertz CT molecular complexity index is 572. The molecule has 1 atom stereocenters. The molecule has 0 heterocycles. The number of fused-ring (bicyclic) bond motifs is 1. The molecule has 0 bridgehead atoms. The normalized spacial score (nSPS) is 13.5. The third kappa shape index (κ3) is 3.25. The van der Waals surface area contributed by atoms with Crippen LogP contribution in [-0.4, -0.2) is 23.9 Å². The largest absolute Gasteiger partial charge is 0.497 e. The second-order valence-electron chi connectivity index (χ2n) is 5.51. The Morgan fingerprint density at radius 2 is 1.79 bits per heavy atom. The van der Waals surface area contributed by atoms with Crippen LogP contribution in [0.15, 0.2) is 36.4 Å². The summed E-state index contributed by atoms with van der Waals surface area (Å²) >= 11 is 0. The van der Waals surface area contributed by atoms with Crippen LogP contribution < -0.4 is 10.5 Å². The maximum atomic E-state index is 9.89. The van der Waals surface area contributed by atoms with Crippen LogP contribution >= 0.6 is 0 Å². The zero-order chi connectivity index (χ0) is 14.0. The van der Waals surface area contributed by atoms with Crippen molar-refractivity contribution in [2.45, 2.75) is 31.9 Å². The van der Waals surface area contributed by atoms with Gasteiger partial charge in [0.1, 0.15) is 5.75 Å². The Morgan fingerprint density at radius 3 is 2.42 bits per heavy atom. The van der Waals surface area contributed by atoms with E-state index < -0.39 is 5.60 Å². The molecule has 2 rings (SSSR count). The van der Waals surface area contributed by atoms with E-state index in [9.17, 15) is 5.11 Å². The smallest absolute Gasteiger partial charge is 0.119 e. The van der Waals surface area contributed by atoms with Crippen LogP contribution in [-0.2, 0) is 6.42 Å². The molecule has 0 aliphatic carbocycles.